The summed E-state index contributed by atoms with van der Waals surface area (Å²) in [6.45, 7) is 6.45. The summed E-state index contributed by atoms with van der Waals surface area (Å²) in [7, 11) is 0. The van der Waals surface area contributed by atoms with Crippen LogP contribution in [0.5, 0.6) is 0 Å². The van der Waals surface area contributed by atoms with Crippen molar-refractivity contribution in [1.82, 2.24) is 0 Å². The van der Waals surface area contributed by atoms with Crippen molar-refractivity contribution in [2.24, 2.45) is 5.41 Å². The Hall–Kier alpha value is -0.200. The molecule has 0 spiro atoms. The van der Waals surface area contributed by atoms with Crippen LogP contribution in [-0.4, -0.2) is 0 Å². The number of aryl methyl sites for hydroxylation is 2. The molecule has 0 aromatic heterocycles. The smallest absolute Gasteiger partial charge is 0.0644 e. The van der Waals surface area contributed by atoms with E-state index in [4.69, 9.17) is 23.2 Å². The molecule has 1 atom stereocenters. The maximum absolute atomic E-state index is 6.86. The largest absolute Gasteiger partial charge is 0.117 e. The zero-order chi connectivity index (χ0) is 13.3. The van der Waals surface area contributed by atoms with E-state index in [0.717, 1.165) is 10.6 Å². The number of halogens is 2. The molecule has 0 nitrogen and oxygen atoms in total. The average Bonchev–Trinajstić information content (AvgIpc) is 2.83. The van der Waals surface area contributed by atoms with Crippen LogP contribution in [0.2, 0.25) is 5.02 Å². The van der Waals surface area contributed by atoms with Crippen LogP contribution in [0.25, 0.3) is 0 Å². The third-order valence-corrected chi connectivity index (χ3v) is 5.77. The van der Waals surface area contributed by atoms with Gasteiger partial charge in [-0.1, -0.05) is 37.4 Å². The minimum atomic E-state index is 0.126. The molecule has 100 valence electrons. The summed E-state index contributed by atoms with van der Waals surface area (Å²) in [5.74, 6) is 0. The molecular formula is C16H22Cl2. The Kier molecular flexibility index (Phi) is 4.29. The Balaban J connectivity index is 2.39. The Bertz CT molecular complexity index is 431. The SMILES string of the molecule is CCC1(C(Cl)c2cc(C)c(Cl)cc2C)CCCC1. The van der Waals surface area contributed by atoms with Crippen molar-refractivity contribution in [3.8, 4) is 0 Å². The second-order valence-corrected chi connectivity index (χ2v) is 6.59. The molecule has 1 aliphatic carbocycles. The first-order valence-corrected chi connectivity index (χ1v) is 7.72. The summed E-state index contributed by atoms with van der Waals surface area (Å²) in [5.41, 5.74) is 3.94. The molecule has 1 fully saturated rings. The van der Waals surface area contributed by atoms with Crippen molar-refractivity contribution in [1.29, 1.82) is 0 Å². The maximum Gasteiger partial charge on any atom is 0.0644 e. The van der Waals surface area contributed by atoms with Crippen molar-refractivity contribution in [3.05, 3.63) is 33.8 Å². The van der Waals surface area contributed by atoms with Crippen LogP contribution in [-0.2, 0) is 0 Å². The third kappa shape index (κ3) is 2.42. The molecule has 1 saturated carbocycles. The van der Waals surface area contributed by atoms with E-state index in [1.165, 1.54) is 43.2 Å². The second-order valence-electron chi connectivity index (χ2n) is 5.74. The van der Waals surface area contributed by atoms with Gasteiger partial charge in [-0.3, -0.25) is 0 Å². The molecule has 0 amide bonds. The predicted octanol–water partition coefficient (Wildman–Crippen LogP) is 6.21. The van der Waals surface area contributed by atoms with E-state index in [-0.39, 0.29) is 5.38 Å². The second kappa shape index (κ2) is 5.43. The summed E-state index contributed by atoms with van der Waals surface area (Å²) in [6, 6.07) is 4.24. The Morgan fingerprint density at radius 3 is 2.33 bits per heavy atom. The van der Waals surface area contributed by atoms with E-state index in [0.29, 0.717) is 5.41 Å². The van der Waals surface area contributed by atoms with E-state index >= 15 is 0 Å². The quantitative estimate of drug-likeness (QED) is 0.579. The summed E-state index contributed by atoms with van der Waals surface area (Å²) in [4.78, 5) is 0. The first-order valence-electron chi connectivity index (χ1n) is 6.91. The highest BCUT2D eigenvalue weighted by Crippen LogP contribution is 2.53. The van der Waals surface area contributed by atoms with Gasteiger partial charge in [0.05, 0.1) is 5.38 Å². The Morgan fingerprint density at radius 2 is 1.78 bits per heavy atom. The normalized spacial score (nSPS) is 20.1. The van der Waals surface area contributed by atoms with Crippen LogP contribution < -0.4 is 0 Å². The number of rotatable bonds is 3. The standard InChI is InChI=1S/C16H22Cl2/c1-4-16(7-5-6-8-16)15(18)13-9-12(3)14(17)10-11(13)2/h9-10,15H,4-8H2,1-3H3. The molecule has 1 unspecified atom stereocenters. The predicted molar refractivity (Wildman–Crippen MR) is 80.7 cm³/mol. The molecule has 1 aliphatic rings. The number of hydrogen-bond acceptors (Lipinski definition) is 0. The van der Waals surface area contributed by atoms with E-state index in [1.54, 1.807) is 0 Å². The van der Waals surface area contributed by atoms with Crippen LogP contribution in [0.1, 0.15) is 61.1 Å². The monoisotopic (exact) mass is 284 g/mol. The molecule has 0 N–H and O–H groups in total. The van der Waals surface area contributed by atoms with E-state index in [2.05, 4.69) is 32.9 Å². The summed E-state index contributed by atoms with van der Waals surface area (Å²) >= 11 is 13.0. The third-order valence-electron chi connectivity index (χ3n) is 4.66. The van der Waals surface area contributed by atoms with Crippen LogP contribution in [0.4, 0.5) is 0 Å². The highest BCUT2D eigenvalue weighted by atomic mass is 35.5. The maximum atomic E-state index is 6.86. The van der Waals surface area contributed by atoms with E-state index in [9.17, 15) is 0 Å². The molecule has 18 heavy (non-hydrogen) atoms. The summed E-state index contributed by atoms with van der Waals surface area (Å²) < 4.78 is 0. The van der Waals surface area contributed by atoms with Gasteiger partial charge >= 0.3 is 0 Å². The van der Waals surface area contributed by atoms with Gasteiger partial charge in [0.25, 0.3) is 0 Å². The van der Waals surface area contributed by atoms with Crippen molar-refractivity contribution in [3.63, 3.8) is 0 Å². The van der Waals surface area contributed by atoms with Gasteiger partial charge in [-0.25, -0.2) is 0 Å². The molecule has 1 aromatic rings. The van der Waals surface area contributed by atoms with Gasteiger partial charge in [-0.05, 0) is 61.3 Å². The highest BCUT2D eigenvalue weighted by molar-refractivity contribution is 6.31. The van der Waals surface area contributed by atoms with Crippen LogP contribution >= 0.6 is 23.2 Å². The first-order chi connectivity index (χ1) is 8.50. The van der Waals surface area contributed by atoms with Gasteiger partial charge in [0.15, 0.2) is 0 Å². The fourth-order valence-electron chi connectivity index (χ4n) is 3.27. The van der Waals surface area contributed by atoms with Crippen molar-refractivity contribution >= 4 is 23.2 Å². The van der Waals surface area contributed by atoms with Crippen molar-refractivity contribution in [2.75, 3.05) is 0 Å². The lowest BCUT2D eigenvalue weighted by Crippen LogP contribution is -2.22. The molecule has 2 heteroatoms. The molecule has 0 aliphatic heterocycles. The summed E-state index contributed by atoms with van der Waals surface area (Å²) in [5, 5.41) is 0.970. The average molecular weight is 285 g/mol. The van der Waals surface area contributed by atoms with Crippen LogP contribution in [0, 0.1) is 19.3 Å². The lowest BCUT2D eigenvalue weighted by Gasteiger charge is -2.34. The van der Waals surface area contributed by atoms with Gasteiger partial charge in [0.2, 0.25) is 0 Å². The number of hydrogen-bond donors (Lipinski definition) is 0. The summed E-state index contributed by atoms with van der Waals surface area (Å²) in [6.07, 6.45) is 6.34. The van der Waals surface area contributed by atoms with Gasteiger partial charge in [0, 0.05) is 5.02 Å². The van der Waals surface area contributed by atoms with Crippen LogP contribution in [0.3, 0.4) is 0 Å². The molecule has 0 bridgehead atoms. The Morgan fingerprint density at radius 1 is 1.17 bits per heavy atom. The number of benzene rings is 1. The topological polar surface area (TPSA) is 0 Å². The van der Waals surface area contributed by atoms with Crippen LogP contribution in [0.15, 0.2) is 12.1 Å². The van der Waals surface area contributed by atoms with Gasteiger partial charge < -0.3 is 0 Å². The zero-order valence-corrected chi connectivity index (χ0v) is 13.0. The lowest BCUT2D eigenvalue weighted by atomic mass is 9.76. The Labute approximate surface area is 121 Å². The highest BCUT2D eigenvalue weighted by Gasteiger charge is 2.40. The van der Waals surface area contributed by atoms with Gasteiger partial charge in [-0.2, -0.15) is 0 Å². The molecule has 2 rings (SSSR count). The van der Waals surface area contributed by atoms with Crippen molar-refractivity contribution < 1.29 is 0 Å². The zero-order valence-electron chi connectivity index (χ0n) is 11.5. The molecule has 0 radical (unpaired) electrons. The van der Waals surface area contributed by atoms with Gasteiger partial charge in [-0.15, -0.1) is 11.6 Å². The minimum absolute atomic E-state index is 0.126. The van der Waals surface area contributed by atoms with E-state index in [1.807, 2.05) is 0 Å². The van der Waals surface area contributed by atoms with E-state index < -0.39 is 0 Å². The first kappa shape index (κ1) is 14.2. The molecule has 1 aromatic carbocycles. The fraction of sp³-hybridized carbons (Fsp3) is 0.625. The van der Waals surface area contributed by atoms with Crippen molar-refractivity contribution in [2.45, 2.75) is 58.3 Å². The molecule has 0 heterocycles. The minimum Gasteiger partial charge on any atom is -0.117 e. The molecular weight excluding hydrogens is 263 g/mol. The molecule has 0 saturated heterocycles. The lowest BCUT2D eigenvalue weighted by molar-refractivity contribution is 0.270. The number of alkyl halides is 1. The fourth-order valence-corrected chi connectivity index (χ4v) is 4.10. The van der Waals surface area contributed by atoms with Gasteiger partial charge in [0.1, 0.15) is 0 Å².